The molecule has 1 unspecified atom stereocenters. The van der Waals surface area contributed by atoms with Crippen LogP contribution < -0.4 is 0 Å². The van der Waals surface area contributed by atoms with Crippen LogP contribution in [-0.4, -0.2) is 29.3 Å². The molecule has 0 aromatic heterocycles. The van der Waals surface area contributed by atoms with E-state index in [-0.39, 0.29) is 0 Å². The molecule has 0 aromatic rings. The molecule has 2 rings (SSSR count). The van der Waals surface area contributed by atoms with Gasteiger partial charge in [0.15, 0.2) is 0 Å². The van der Waals surface area contributed by atoms with Gasteiger partial charge < -0.3 is 0 Å². The number of hydrogen-bond acceptors (Lipinski definition) is 2. The quantitative estimate of drug-likeness (QED) is 0.713. The van der Waals surface area contributed by atoms with Crippen molar-refractivity contribution in [2.45, 2.75) is 76.8 Å². The summed E-state index contributed by atoms with van der Waals surface area (Å²) in [6.45, 7) is 3.33. The molecule has 92 valence electrons. The van der Waals surface area contributed by atoms with E-state index in [1.807, 2.05) is 0 Å². The van der Waals surface area contributed by atoms with E-state index in [2.05, 4.69) is 11.8 Å². The highest BCUT2D eigenvalue weighted by molar-refractivity contribution is 5.84. The van der Waals surface area contributed by atoms with E-state index in [1.165, 1.54) is 38.6 Å². The Kier molecular flexibility index (Phi) is 4.39. The Labute approximate surface area is 99.4 Å². The molecule has 0 radical (unpaired) electrons. The molecular weight excluding hydrogens is 198 g/mol. The minimum atomic E-state index is 0.301. The van der Waals surface area contributed by atoms with Gasteiger partial charge >= 0.3 is 0 Å². The Morgan fingerprint density at radius 3 is 2.50 bits per heavy atom. The van der Waals surface area contributed by atoms with E-state index >= 15 is 0 Å². The third kappa shape index (κ3) is 2.65. The first-order valence-electron chi connectivity index (χ1n) is 7.11. The maximum absolute atomic E-state index is 12.0. The van der Waals surface area contributed by atoms with Crippen molar-refractivity contribution in [3.63, 3.8) is 0 Å². The molecule has 0 aromatic carbocycles. The van der Waals surface area contributed by atoms with Crippen molar-refractivity contribution < 1.29 is 4.79 Å². The summed E-state index contributed by atoms with van der Waals surface area (Å²) in [5.74, 6) is 0.513. The first-order valence-corrected chi connectivity index (χ1v) is 7.11. The highest BCUT2D eigenvalue weighted by Gasteiger charge is 2.37. The second kappa shape index (κ2) is 5.81. The Hall–Kier alpha value is -0.370. The molecule has 1 aliphatic carbocycles. The smallest absolute Gasteiger partial charge is 0.150 e. The van der Waals surface area contributed by atoms with Gasteiger partial charge in [0.1, 0.15) is 5.78 Å². The van der Waals surface area contributed by atoms with Crippen molar-refractivity contribution in [3.8, 4) is 0 Å². The monoisotopic (exact) mass is 223 g/mol. The second-order valence-corrected chi connectivity index (χ2v) is 5.40. The Balaban J connectivity index is 1.80. The predicted molar refractivity (Wildman–Crippen MR) is 66.5 cm³/mol. The second-order valence-electron chi connectivity index (χ2n) is 5.40. The van der Waals surface area contributed by atoms with Gasteiger partial charge in [-0.15, -0.1) is 0 Å². The predicted octanol–water partition coefficient (Wildman–Crippen LogP) is 3.15. The van der Waals surface area contributed by atoms with Gasteiger partial charge in [0.2, 0.25) is 0 Å². The van der Waals surface area contributed by atoms with Gasteiger partial charge in [-0.05, 0) is 25.7 Å². The fourth-order valence-electron chi connectivity index (χ4n) is 3.12. The van der Waals surface area contributed by atoms with Gasteiger partial charge in [-0.25, -0.2) is 0 Å². The minimum Gasteiger partial charge on any atom is -0.298 e. The topological polar surface area (TPSA) is 20.3 Å². The van der Waals surface area contributed by atoms with Crippen molar-refractivity contribution in [2.75, 3.05) is 6.54 Å². The molecule has 0 amide bonds. The summed E-state index contributed by atoms with van der Waals surface area (Å²) in [6, 6.07) is 1.03. The lowest BCUT2D eigenvalue weighted by atomic mass is 9.87. The zero-order valence-electron chi connectivity index (χ0n) is 10.6. The van der Waals surface area contributed by atoms with Crippen LogP contribution in [0.5, 0.6) is 0 Å². The first kappa shape index (κ1) is 12.1. The highest BCUT2D eigenvalue weighted by Crippen LogP contribution is 2.30. The SMILES string of the molecule is CCCCC(=O)C1CCN1C1CCCCC1. The molecule has 0 spiro atoms. The molecule has 1 atom stereocenters. The van der Waals surface area contributed by atoms with E-state index in [4.69, 9.17) is 0 Å². The third-order valence-corrected chi connectivity index (χ3v) is 4.25. The summed E-state index contributed by atoms with van der Waals surface area (Å²) >= 11 is 0. The number of nitrogens with zero attached hydrogens (tertiary/aromatic N) is 1. The van der Waals surface area contributed by atoms with Crippen LogP contribution in [0.15, 0.2) is 0 Å². The minimum absolute atomic E-state index is 0.301. The van der Waals surface area contributed by atoms with Crippen molar-refractivity contribution in [1.82, 2.24) is 4.90 Å². The summed E-state index contributed by atoms with van der Waals surface area (Å²) < 4.78 is 0. The van der Waals surface area contributed by atoms with Crippen LogP contribution in [0.1, 0.15) is 64.7 Å². The summed E-state index contributed by atoms with van der Waals surface area (Å²) in [4.78, 5) is 14.5. The molecule has 2 heteroatoms. The summed E-state index contributed by atoms with van der Waals surface area (Å²) in [7, 11) is 0. The zero-order chi connectivity index (χ0) is 11.4. The van der Waals surface area contributed by atoms with E-state index in [1.54, 1.807) is 0 Å². The van der Waals surface area contributed by atoms with Crippen molar-refractivity contribution >= 4 is 5.78 Å². The number of Topliss-reactive ketones (excluding diaryl/α,β-unsaturated/α-hetero) is 1. The fraction of sp³-hybridized carbons (Fsp3) is 0.929. The third-order valence-electron chi connectivity index (χ3n) is 4.25. The van der Waals surface area contributed by atoms with Gasteiger partial charge in [0, 0.05) is 19.0 Å². The Morgan fingerprint density at radius 1 is 1.19 bits per heavy atom. The number of rotatable bonds is 5. The maximum atomic E-state index is 12.0. The molecular formula is C14H25NO. The largest absolute Gasteiger partial charge is 0.298 e. The van der Waals surface area contributed by atoms with Crippen LogP contribution in [0.3, 0.4) is 0 Å². The zero-order valence-corrected chi connectivity index (χ0v) is 10.6. The average Bonchev–Trinajstić information content (AvgIpc) is 2.26. The average molecular weight is 223 g/mol. The summed E-state index contributed by atoms with van der Waals surface area (Å²) in [6.07, 6.45) is 11.0. The standard InChI is InChI=1S/C14H25NO/c1-2-3-9-14(16)13-10-11-15(13)12-7-5-4-6-8-12/h12-13H,2-11H2,1H3. The molecule has 2 nitrogen and oxygen atoms in total. The van der Waals surface area contributed by atoms with E-state index in [0.717, 1.165) is 31.7 Å². The molecule has 16 heavy (non-hydrogen) atoms. The molecule has 2 aliphatic rings. The number of likely N-dealkylation sites (tertiary alicyclic amines) is 1. The van der Waals surface area contributed by atoms with Gasteiger partial charge in [-0.1, -0.05) is 32.6 Å². The molecule has 1 saturated heterocycles. The van der Waals surface area contributed by atoms with E-state index in [9.17, 15) is 4.79 Å². The van der Waals surface area contributed by atoms with Crippen molar-refractivity contribution in [2.24, 2.45) is 0 Å². The Morgan fingerprint density at radius 2 is 1.94 bits per heavy atom. The molecule has 1 heterocycles. The Bertz CT molecular complexity index is 233. The van der Waals surface area contributed by atoms with Gasteiger partial charge in [0.25, 0.3) is 0 Å². The normalized spacial score (nSPS) is 27.7. The van der Waals surface area contributed by atoms with Crippen LogP contribution in [0, 0.1) is 0 Å². The van der Waals surface area contributed by atoms with Gasteiger partial charge in [0.05, 0.1) is 6.04 Å². The van der Waals surface area contributed by atoms with E-state index < -0.39 is 0 Å². The summed E-state index contributed by atoms with van der Waals surface area (Å²) in [5, 5.41) is 0. The molecule has 1 saturated carbocycles. The molecule has 0 bridgehead atoms. The van der Waals surface area contributed by atoms with Crippen LogP contribution in [0.25, 0.3) is 0 Å². The first-order chi connectivity index (χ1) is 7.83. The lowest BCUT2D eigenvalue weighted by molar-refractivity contribution is -0.131. The van der Waals surface area contributed by atoms with Crippen molar-refractivity contribution in [1.29, 1.82) is 0 Å². The lowest BCUT2D eigenvalue weighted by Gasteiger charge is -2.46. The number of carbonyl (C=O) groups excluding carboxylic acids is 1. The highest BCUT2D eigenvalue weighted by atomic mass is 16.1. The molecule has 1 aliphatic heterocycles. The van der Waals surface area contributed by atoms with Gasteiger partial charge in [-0.2, -0.15) is 0 Å². The molecule has 2 fully saturated rings. The van der Waals surface area contributed by atoms with E-state index in [0.29, 0.717) is 11.8 Å². The number of ketones is 1. The number of hydrogen-bond donors (Lipinski definition) is 0. The number of unbranched alkanes of at least 4 members (excludes halogenated alkanes) is 1. The number of carbonyl (C=O) groups is 1. The van der Waals surface area contributed by atoms with Crippen LogP contribution in [0.2, 0.25) is 0 Å². The van der Waals surface area contributed by atoms with Gasteiger partial charge in [-0.3, -0.25) is 9.69 Å². The van der Waals surface area contributed by atoms with Crippen LogP contribution in [-0.2, 0) is 4.79 Å². The maximum Gasteiger partial charge on any atom is 0.150 e. The summed E-state index contributed by atoms with van der Waals surface area (Å²) in [5.41, 5.74) is 0. The van der Waals surface area contributed by atoms with Crippen LogP contribution in [0.4, 0.5) is 0 Å². The lowest BCUT2D eigenvalue weighted by Crippen LogP contribution is -2.57. The van der Waals surface area contributed by atoms with Crippen LogP contribution >= 0.6 is 0 Å². The fourth-order valence-corrected chi connectivity index (χ4v) is 3.12. The molecule has 0 N–H and O–H groups in total. The van der Waals surface area contributed by atoms with Crippen molar-refractivity contribution in [3.05, 3.63) is 0 Å².